The normalized spacial score (nSPS) is 17.8. The van der Waals surface area contributed by atoms with Gasteiger partial charge in [-0.3, -0.25) is 19.3 Å². The molecule has 1 fully saturated rings. The number of thioether (sulfide) groups is 1. The van der Waals surface area contributed by atoms with Gasteiger partial charge in [0.1, 0.15) is 0 Å². The van der Waals surface area contributed by atoms with Crippen molar-refractivity contribution in [2.24, 2.45) is 11.7 Å². The molecule has 0 aromatic carbocycles. The van der Waals surface area contributed by atoms with Gasteiger partial charge in [0.05, 0.1) is 10.9 Å². The molecule has 0 aromatic rings. The van der Waals surface area contributed by atoms with E-state index in [1.807, 2.05) is 0 Å². The van der Waals surface area contributed by atoms with E-state index in [4.69, 9.17) is 10.5 Å². The number of amides is 3. The van der Waals surface area contributed by atoms with Gasteiger partial charge in [0, 0.05) is 50.9 Å². The number of methoxy groups -OCH3 is 1. The third-order valence-corrected chi connectivity index (χ3v) is 6.99. The number of carbonyl (C=O) groups is 3. The van der Waals surface area contributed by atoms with Gasteiger partial charge in [0.15, 0.2) is 0 Å². The molecule has 0 radical (unpaired) electrons. The molecule has 31 heavy (non-hydrogen) atoms. The molecule has 0 bridgehead atoms. The average molecular weight is 456 g/mol. The van der Waals surface area contributed by atoms with Gasteiger partial charge >= 0.3 is 0 Å². The van der Waals surface area contributed by atoms with Crippen LogP contribution >= 0.6 is 11.8 Å². The highest BCUT2D eigenvalue weighted by Crippen LogP contribution is 2.26. The minimum atomic E-state index is -0.399. The Hall–Kier alpha value is -1.54. The lowest BCUT2D eigenvalue weighted by Crippen LogP contribution is -2.33. The van der Waals surface area contributed by atoms with Crippen LogP contribution in [0.2, 0.25) is 0 Å². The van der Waals surface area contributed by atoms with Crippen LogP contribution in [-0.4, -0.2) is 59.4 Å². The lowest BCUT2D eigenvalue weighted by atomic mass is 9.94. The Morgan fingerprint density at radius 1 is 1.32 bits per heavy atom. The molecule has 0 saturated carbocycles. The standard InChI is InChI=1S/C23H41N3O4S/c1-17(8-6-12-23(3,4)30-5)9-7-13-25-18(2)10-14-26-21(28)16-19(22(26)29)31-15-11-20(24)27/h17,19,25H,2,6-16H2,1,3-5H3,(H2,24,27). The van der Waals surface area contributed by atoms with Crippen LogP contribution < -0.4 is 11.1 Å². The highest BCUT2D eigenvalue weighted by Gasteiger charge is 2.38. The van der Waals surface area contributed by atoms with Crippen molar-refractivity contribution < 1.29 is 19.1 Å². The summed E-state index contributed by atoms with van der Waals surface area (Å²) in [6.07, 6.45) is 6.62. The van der Waals surface area contributed by atoms with Gasteiger partial charge in [-0.2, -0.15) is 0 Å². The first kappa shape index (κ1) is 27.5. The van der Waals surface area contributed by atoms with Crippen molar-refractivity contribution in [1.29, 1.82) is 0 Å². The highest BCUT2D eigenvalue weighted by atomic mass is 32.2. The number of nitrogens with zero attached hydrogens (tertiary/aromatic N) is 1. The van der Waals surface area contributed by atoms with E-state index >= 15 is 0 Å². The van der Waals surface area contributed by atoms with Crippen LogP contribution in [0.1, 0.15) is 72.1 Å². The van der Waals surface area contributed by atoms with E-state index in [-0.39, 0.29) is 30.3 Å². The van der Waals surface area contributed by atoms with Crippen molar-refractivity contribution in [3.8, 4) is 0 Å². The Morgan fingerprint density at radius 3 is 2.65 bits per heavy atom. The van der Waals surface area contributed by atoms with E-state index in [9.17, 15) is 14.4 Å². The number of ether oxygens (including phenoxy) is 1. The molecular weight excluding hydrogens is 414 g/mol. The second kappa shape index (κ2) is 13.8. The Morgan fingerprint density at radius 2 is 2.00 bits per heavy atom. The molecule has 1 aliphatic heterocycles. The molecule has 2 atom stereocenters. The fourth-order valence-electron chi connectivity index (χ4n) is 3.49. The molecule has 1 saturated heterocycles. The fourth-order valence-corrected chi connectivity index (χ4v) is 4.63. The maximum absolute atomic E-state index is 12.4. The third-order valence-electron chi connectivity index (χ3n) is 5.78. The maximum atomic E-state index is 12.4. The SMILES string of the molecule is C=C(CCN1C(=O)CC(SCCC(N)=O)C1=O)NCCCC(C)CCCC(C)(C)OC. The predicted molar refractivity (Wildman–Crippen MR) is 126 cm³/mol. The van der Waals surface area contributed by atoms with Crippen LogP contribution in [0.3, 0.4) is 0 Å². The summed E-state index contributed by atoms with van der Waals surface area (Å²) in [5.41, 5.74) is 5.93. The van der Waals surface area contributed by atoms with Gasteiger partial charge in [-0.1, -0.05) is 26.3 Å². The monoisotopic (exact) mass is 455 g/mol. The molecule has 0 aromatic heterocycles. The lowest BCUT2D eigenvalue weighted by molar-refractivity contribution is -0.138. The number of hydrogen-bond donors (Lipinski definition) is 2. The summed E-state index contributed by atoms with van der Waals surface area (Å²) in [7, 11) is 1.77. The predicted octanol–water partition coefficient (Wildman–Crippen LogP) is 3.23. The quantitative estimate of drug-likeness (QED) is 0.258. The lowest BCUT2D eigenvalue weighted by Gasteiger charge is -2.23. The summed E-state index contributed by atoms with van der Waals surface area (Å²) >= 11 is 1.33. The van der Waals surface area contributed by atoms with Crippen molar-refractivity contribution >= 4 is 29.5 Å². The van der Waals surface area contributed by atoms with Crippen LogP contribution in [0.4, 0.5) is 0 Å². The number of nitrogens with two attached hydrogens (primary N) is 1. The summed E-state index contributed by atoms with van der Waals surface area (Å²) in [4.78, 5) is 36.7. The average Bonchev–Trinajstić information content (AvgIpc) is 2.96. The summed E-state index contributed by atoms with van der Waals surface area (Å²) in [5.74, 6) is 0.418. The summed E-state index contributed by atoms with van der Waals surface area (Å²) in [6.45, 7) is 11.8. The number of rotatable bonds is 17. The number of imide groups is 1. The molecule has 1 heterocycles. The smallest absolute Gasteiger partial charge is 0.242 e. The minimum Gasteiger partial charge on any atom is -0.389 e. The third kappa shape index (κ3) is 11.1. The second-order valence-electron chi connectivity index (χ2n) is 9.05. The molecule has 3 amide bonds. The molecule has 0 aliphatic carbocycles. The molecule has 0 spiro atoms. The van der Waals surface area contributed by atoms with Gasteiger partial charge in [-0.15, -0.1) is 11.8 Å². The molecule has 3 N–H and O–H groups in total. The largest absolute Gasteiger partial charge is 0.389 e. The maximum Gasteiger partial charge on any atom is 0.242 e. The van der Waals surface area contributed by atoms with Crippen molar-refractivity contribution in [3.05, 3.63) is 12.3 Å². The Balaban J connectivity index is 2.18. The Kier molecular flexibility index (Phi) is 12.2. The van der Waals surface area contributed by atoms with E-state index < -0.39 is 11.2 Å². The first-order chi connectivity index (χ1) is 14.6. The van der Waals surface area contributed by atoms with E-state index in [1.165, 1.54) is 29.5 Å². The van der Waals surface area contributed by atoms with Crippen molar-refractivity contribution in [2.75, 3.05) is 26.0 Å². The van der Waals surface area contributed by atoms with Crippen LogP contribution in [0, 0.1) is 5.92 Å². The van der Waals surface area contributed by atoms with Crippen LogP contribution in [0.5, 0.6) is 0 Å². The topological polar surface area (TPSA) is 102 Å². The van der Waals surface area contributed by atoms with E-state index in [1.54, 1.807) is 7.11 Å². The molecule has 7 nitrogen and oxygen atoms in total. The van der Waals surface area contributed by atoms with Gasteiger partial charge in [-0.25, -0.2) is 0 Å². The first-order valence-corrected chi connectivity index (χ1v) is 12.3. The highest BCUT2D eigenvalue weighted by molar-refractivity contribution is 8.00. The van der Waals surface area contributed by atoms with Crippen molar-refractivity contribution in [1.82, 2.24) is 10.2 Å². The van der Waals surface area contributed by atoms with Gasteiger partial charge in [0.25, 0.3) is 0 Å². The van der Waals surface area contributed by atoms with Crippen molar-refractivity contribution in [3.63, 3.8) is 0 Å². The van der Waals surface area contributed by atoms with Gasteiger partial charge in [0.2, 0.25) is 17.7 Å². The summed E-state index contributed by atoms with van der Waals surface area (Å²) in [6, 6.07) is 0. The first-order valence-electron chi connectivity index (χ1n) is 11.3. The Bertz CT molecular complexity index is 624. The molecule has 178 valence electrons. The fraction of sp³-hybridized carbons (Fsp3) is 0.783. The van der Waals surface area contributed by atoms with Crippen LogP contribution in [-0.2, 0) is 19.1 Å². The van der Waals surface area contributed by atoms with Gasteiger partial charge < -0.3 is 15.8 Å². The zero-order valence-electron chi connectivity index (χ0n) is 19.7. The number of primary amides is 1. The number of carbonyl (C=O) groups excluding carboxylic acids is 3. The second-order valence-corrected chi connectivity index (χ2v) is 10.4. The zero-order chi connectivity index (χ0) is 23.4. The molecule has 2 unspecified atom stereocenters. The minimum absolute atomic E-state index is 0.0423. The molecule has 8 heteroatoms. The summed E-state index contributed by atoms with van der Waals surface area (Å²) in [5, 5.41) is 2.92. The van der Waals surface area contributed by atoms with E-state index in [0.717, 1.165) is 31.5 Å². The molecule has 1 aliphatic rings. The number of likely N-dealkylation sites (tertiary alicyclic amines) is 1. The zero-order valence-corrected chi connectivity index (χ0v) is 20.5. The van der Waals surface area contributed by atoms with Gasteiger partial charge in [-0.05, 0) is 39.0 Å². The van der Waals surface area contributed by atoms with E-state index in [2.05, 4.69) is 32.7 Å². The number of nitrogens with one attached hydrogen (secondary N) is 1. The molecule has 1 rings (SSSR count). The van der Waals surface area contributed by atoms with Crippen molar-refractivity contribution in [2.45, 2.75) is 83.0 Å². The van der Waals surface area contributed by atoms with E-state index in [0.29, 0.717) is 24.6 Å². The van der Waals surface area contributed by atoms with Crippen LogP contribution in [0.25, 0.3) is 0 Å². The number of hydrogen-bond acceptors (Lipinski definition) is 6. The van der Waals surface area contributed by atoms with Crippen LogP contribution in [0.15, 0.2) is 12.3 Å². The molecular formula is C23H41N3O4S. The Labute approximate surface area is 191 Å². The summed E-state index contributed by atoms with van der Waals surface area (Å²) < 4.78 is 5.47.